The first-order valence-electron chi connectivity index (χ1n) is 8.38. The van der Waals surface area contributed by atoms with Crippen molar-refractivity contribution in [2.45, 2.75) is 0 Å². The van der Waals surface area contributed by atoms with Gasteiger partial charge in [0, 0.05) is 21.3 Å². The van der Waals surface area contributed by atoms with Crippen LogP contribution in [0.3, 0.4) is 0 Å². The summed E-state index contributed by atoms with van der Waals surface area (Å²) >= 11 is 5.86. The summed E-state index contributed by atoms with van der Waals surface area (Å²) in [4.78, 5) is 32.3. The van der Waals surface area contributed by atoms with E-state index in [2.05, 4.69) is 20.8 Å². The van der Waals surface area contributed by atoms with Gasteiger partial charge in [-0.05, 0) is 36.4 Å². The number of anilines is 1. The molecule has 0 aliphatic carbocycles. The fourth-order valence-electron chi connectivity index (χ4n) is 2.94. The molecule has 1 amide bonds. The Morgan fingerprint density at radius 2 is 1.82 bits per heavy atom. The number of hydrogen-bond donors (Lipinski definition) is 3. The van der Waals surface area contributed by atoms with Crippen LogP contribution in [0, 0.1) is 0 Å². The van der Waals surface area contributed by atoms with Gasteiger partial charge in [-0.2, -0.15) is 0 Å². The molecule has 0 fully saturated rings. The maximum Gasteiger partial charge on any atom is 0.356 e. The predicted octanol–water partition coefficient (Wildman–Crippen LogP) is 3.91. The van der Waals surface area contributed by atoms with Crippen molar-refractivity contribution in [1.82, 2.24) is 15.4 Å². The van der Waals surface area contributed by atoms with Crippen LogP contribution >= 0.6 is 11.6 Å². The number of esters is 1. The molecule has 140 valence electrons. The molecule has 4 rings (SSSR count). The van der Waals surface area contributed by atoms with Gasteiger partial charge in [-0.15, -0.1) is 0 Å². The Morgan fingerprint density at radius 1 is 1.07 bits per heavy atom. The molecule has 7 nitrogen and oxygen atoms in total. The van der Waals surface area contributed by atoms with Crippen LogP contribution in [0.4, 0.5) is 5.69 Å². The minimum absolute atomic E-state index is 0.0522. The Kier molecular flexibility index (Phi) is 4.58. The zero-order valence-electron chi connectivity index (χ0n) is 14.7. The lowest BCUT2D eigenvalue weighted by atomic mass is 10.1. The van der Waals surface area contributed by atoms with Gasteiger partial charge in [0.15, 0.2) is 5.69 Å². The molecule has 0 spiro atoms. The summed E-state index contributed by atoms with van der Waals surface area (Å²) in [7, 11) is 1.27. The van der Waals surface area contributed by atoms with Gasteiger partial charge in [-0.3, -0.25) is 15.6 Å². The van der Waals surface area contributed by atoms with E-state index in [0.717, 1.165) is 10.9 Å². The van der Waals surface area contributed by atoms with E-state index in [-0.39, 0.29) is 11.4 Å². The van der Waals surface area contributed by atoms with Crippen molar-refractivity contribution in [3.05, 3.63) is 71.0 Å². The fraction of sp³-hybridized carbons (Fsp3) is 0.0500. The van der Waals surface area contributed by atoms with E-state index in [0.29, 0.717) is 21.6 Å². The van der Waals surface area contributed by atoms with E-state index in [1.165, 1.54) is 7.11 Å². The zero-order valence-corrected chi connectivity index (χ0v) is 15.5. The quantitative estimate of drug-likeness (QED) is 0.360. The number of carbonyl (C=O) groups excluding carboxylic acids is 2. The zero-order chi connectivity index (χ0) is 19.7. The third-order valence-electron chi connectivity index (χ3n) is 4.27. The van der Waals surface area contributed by atoms with Crippen molar-refractivity contribution in [3.63, 3.8) is 0 Å². The second-order valence-corrected chi connectivity index (χ2v) is 6.46. The number of hydrazine groups is 1. The summed E-state index contributed by atoms with van der Waals surface area (Å²) in [5.41, 5.74) is 7.54. The van der Waals surface area contributed by atoms with E-state index in [4.69, 9.17) is 16.3 Å². The number of aromatic amines is 1. The molecule has 0 radical (unpaired) electrons. The lowest BCUT2D eigenvalue weighted by Gasteiger charge is -2.10. The second kappa shape index (κ2) is 7.21. The van der Waals surface area contributed by atoms with Crippen LogP contribution in [0.1, 0.15) is 21.0 Å². The lowest BCUT2D eigenvalue weighted by molar-refractivity contribution is 0.0594. The molecule has 0 aliphatic rings. The van der Waals surface area contributed by atoms with Crippen molar-refractivity contribution in [3.8, 4) is 0 Å². The number of benzene rings is 2. The summed E-state index contributed by atoms with van der Waals surface area (Å²) < 4.78 is 4.78. The van der Waals surface area contributed by atoms with Gasteiger partial charge in [0.2, 0.25) is 0 Å². The molecule has 4 aromatic rings. The van der Waals surface area contributed by atoms with Gasteiger partial charge in [-0.25, -0.2) is 9.78 Å². The van der Waals surface area contributed by atoms with Crippen LogP contribution in [0.25, 0.3) is 21.8 Å². The summed E-state index contributed by atoms with van der Waals surface area (Å²) in [6, 6.07) is 16.0. The number of nitrogens with one attached hydrogen (secondary N) is 3. The number of ether oxygens (including phenoxy) is 1. The molecule has 3 N–H and O–H groups in total. The van der Waals surface area contributed by atoms with E-state index in [9.17, 15) is 9.59 Å². The monoisotopic (exact) mass is 394 g/mol. The predicted molar refractivity (Wildman–Crippen MR) is 107 cm³/mol. The number of hydrogen-bond acceptors (Lipinski definition) is 5. The molecule has 0 aliphatic heterocycles. The second-order valence-electron chi connectivity index (χ2n) is 6.03. The molecule has 0 unspecified atom stereocenters. The highest BCUT2D eigenvalue weighted by molar-refractivity contribution is 6.30. The molecule has 0 saturated heterocycles. The standard InChI is InChI=1S/C20H15ClN4O3/c1-28-20(27)16-10-14-13-4-2-3-5-15(13)22-17(14)18(23-16)19(26)25-24-12-8-6-11(21)7-9-12/h2-10,22,24H,1H3,(H,25,26). The molecule has 0 bridgehead atoms. The third kappa shape index (κ3) is 3.23. The molecular weight excluding hydrogens is 380 g/mol. The molecule has 2 heterocycles. The number of nitrogens with zero attached hydrogens (tertiary/aromatic N) is 1. The van der Waals surface area contributed by atoms with Gasteiger partial charge < -0.3 is 9.72 Å². The lowest BCUT2D eigenvalue weighted by Crippen LogP contribution is -2.30. The van der Waals surface area contributed by atoms with Crippen molar-refractivity contribution in [2.75, 3.05) is 12.5 Å². The summed E-state index contributed by atoms with van der Waals surface area (Å²) in [5.74, 6) is -1.12. The summed E-state index contributed by atoms with van der Waals surface area (Å²) in [6.07, 6.45) is 0. The Hall–Kier alpha value is -3.58. The largest absolute Gasteiger partial charge is 0.464 e. The van der Waals surface area contributed by atoms with Crippen LogP contribution in [-0.4, -0.2) is 29.0 Å². The smallest absolute Gasteiger partial charge is 0.356 e. The first kappa shape index (κ1) is 17.8. The van der Waals surface area contributed by atoms with Crippen molar-refractivity contribution >= 4 is 51.0 Å². The Bertz CT molecular complexity index is 1200. The topological polar surface area (TPSA) is 96.1 Å². The van der Waals surface area contributed by atoms with Gasteiger partial charge in [0.25, 0.3) is 5.91 Å². The van der Waals surface area contributed by atoms with Gasteiger partial charge in [0.05, 0.1) is 18.3 Å². The fourth-order valence-corrected chi connectivity index (χ4v) is 3.07. The number of para-hydroxylation sites is 1. The van der Waals surface area contributed by atoms with Crippen LogP contribution < -0.4 is 10.9 Å². The Morgan fingerprint density at radius 3 is 2.57 bits per heavy atom. The number of pyridine rings is 1. The van der Waals surface area contributed by atoms with Crippen molar-refractivity contribution in [2.24, 2.45) is 0 Å². The van der Waals surface area contributed by atoms with E-state index >= 15 is 0 Å². The SMILES string of the molecule is COC(=O)c1cc2c([nH]c3ccccc32)c(C(=O)NNc2ccc(Cl)cc2)n1. The third-order valence-corrected chi connectivity index (χ3v) is 4.52. The van der Waals surface area contributed by atoms with E-state index < -0.39 is 11.9 Å². The van der Waals surface area contributed by atoms with Crippen molar-refractivity contribution < 1.29 is 14.3 Å². The number of carbonyl (C=O) groups is 2. The van der Waals surface area contributed by atoms with E-state index in [1.807, 2.05) is 24.3 Å². The molecule has 2 aromatic heterocycles. The van der Waals surface area contributed by atoms with Crippen LogP contribution in [0.5, 0.6) is 0 Å². The van der Waals surface area contributed by atoms with Crippen LogP contribution in [0.15, 0.2) is 54.6 Å². The van der Waals surface area contributed by atoms with Gasteiger partial charge in [-0.1, -0.05) is 29.8 Å². The van der Waals surface area contributed by atoms with Crippen LogP contribution in [-0.2, 0) is 4.74 Å². The minimum Gasteiger partial charge on any atom is -0.464 e. The number of methoxy groups -OCH3 is 1. The van der Waals surface area contributed by atoms with Crippen LogP contribution in [0.2, 0.25) is 5.02 Å². The molecule has 8 heteroatoms. The number of aromatic nitrogens is 2. The molecular formula is C20H15ClN4O3. The number of amides is 1. The molecule has 2 aromatic carbocycles. The highest BCUT2D eigenvalue weighted by atomic mass is 35.5. The summed E-state index contributed by atoms with van der Waals surface area (Å²) in [6.45, 7) is 0. The maximum absolute atomic E-state index is 12.8. The Labute approximate surface area is 164 Å². The normalized spacial score (nSPS) is 10.8. The minimum atomic E-state index is -0.619. The first-order valence-corrected chi connectivity index (χ1v) is 8.76. The average Bonchev–Trinajstić information content (AvgIpc) is 3.10. The molecule has 0 saturated carbocycles. The van der Waals surface area contributed by atoms with Gasteiger partial charge >= 0.3 is 5.97 Å². The molecule has 0 atom stereocenters. The van der Waals surface area contributed by atoms with Crippen molar-refractivity contribution in [1.29, 1.82) is 0 Å². The average molecular weight is 395 g/mol. The highest BCUT2D eigenvalue weighted by Gasteiger charge is 2.20. The van der Waals surface area contributed by atoms with Gasteiger partial charge in [0.1, 0.15) is 5.69 Å². The number of fused-ring (bicyclic) bond motifs is 3. The maximum atomic E-state index is 12.8. The summed E-state index contributed by atoms with van der Waals surface area (Å²) in [5, 5.41) is 2.18. The number of halogens is 1. The Balaban J connectivity index is 1.76. The highest BCUT2D eigenvalue weighted by Crippen LogP contribution is 2.28. The molecule has 28 heavy (non-hydrogen) atoms. The number of rotatable bonds is 4. The first-order chi connectivity index (χ1) is 13.6. The number of H-pyrrole nitrogens is 1. The van der Waals surface area contributed by atoms with E-state index in [1.54, 1.807) is 30.3 Å².